The minimum atomic E-state index is -0.607. The van der Waals surface area contributed by atoms with Crippen molar-refractivity contribution < 1.29 is 14.1 Å². The Labute approximate surface area is 146 Å². The molecule has 7 heteroatoms. The molecule has 7 nitrogen and oxygen atoms in total. The molecule has 0 unspecified atom stereocenters. The topological polar surface area (TPSA) is 87.5 Å². The van der Waals surface area contributed by atoms with Crippen molar-refractivity contribution in [2.24, 2.45) is 0 Å². The number of nitrogens with one attached hydrogen (secondary N) is 2. The molecule has 1 aromatic heterocycles. The van der Waals surface area contributed by atoms with Crippen molar-refractivity contribution in [2.75, 3.05) is 18.4 Å². The molecule has 2 aromatic rings. The van der Waals surface area contributed by atoms with E-state index in [-0.39, 0.29) is 11.9 Å². The first-order valence-electron chi connectivity index (χ1n) is 8.50. The van der Waals surface area contributed by atoms with Crippen LogP contribution in [0.1, 0.15) is 26.2 Å². The number of hydrogen-bond donors (Lipinski definition) is 2. The molecule has 3 rings (SSSR count). The number of likely N-dealkylation sites (tertiary alicyclic amines) is 1. The molecule has 1 aliphatic heterocycles. The Bertz CT molecular complexity index is 706. The third-order valence-corrected chi connectivity index (χ3v) is 4.26. The largest absolute Gasteiger partial charge is 0.364 e. The van der Waals surface area contributed by atoms with Gasteiger partial charge in [0.25, 0.3) is 0 Å². The van der Waals surface area contributed by atoms with Crippen LogP contribution in [0.4, 0.5) is 10.5 Å². The van der Waals surface area contributed by atoms with Crippen molar-refractivity contribution in [1.29, 1.82) is 0 Å². The first-order valence-corrected chi connectivity index (χ1v) is 8.50. The van der Waals surface area contributed by atoms with Crippen LogP contribution in [0.2, 0.25) is 0 Å². The van der Waals surface area contributed by atoms with Crippen molar-refractivity contribution in [3.63, 3.8) is 0 Å². The van der Waals surface area contributed by atoms with Crippen molar-refractivity contribution >= 4 is 17.6 Å². The maximum absolute atomic E-state index is 12.3. The highest BCUT2D eigenvalue weighted by Gasteiger charge is 2.21. The average Bonchev–Trinajstić information content (AvgIpc) is 3.17. The lowest BCUT2D eigenvalue weighted by Crippen LogP contribution is -2.49. The van der Waals surface area contributed by atoms with E-state index >= 15 is 0 Å². The Balaban J connectivity index is 1.53. The van der Waals surface area contributed by atoms with Gasteiger partial charge in [-0.05, 0) is 38.3 Å². The van der Waals surface area contributed by atoms with Crippen LogP contribution in [0.5, 0.6) is 0 Å². The van der Waals surface area contributed by atoms with Gasteiger partial charge in [0.15, 0.2) is 0 Å². The molecule has 0 radical (unpaired) electrons. The van der Waals surface area contributed by atoms with Crippen molar-refractivity contribution in [3.8, 4) is 11.3 Å². The predicted octanol–water partition coefficient (Wildman–Crippen LogP) is 2.86. The molecule has 0 aliphatic carbocycles. The van der Waals surface area contributed by atoms with Crippen molar-refractivity contribution in [2.45, 2.75) is 32.2 Å². The molecule has 1 aromatic carbocycles. The Morgan fingerprint density at radius 1 is 1.12 bits per heavy atom. The van der Waals surface area contributed by atoms with Gasteiger partial charge in [0.05, 0.1) is 0 Å². The molecule has 2 heterocycles. The zero-order valence-corrected chi connectivity index (χ0v) is 14.2. The third kappa shape index (κ3) is 4.37. The number of amides is 3. The normalized spacial score (nSPS) is 15.5. The van der Waals surface area contributed by atoms with Crippen molar-refractivity contribution in [3.05, 3.63) is 36.6 Å². The summed E-state index contributed by atoms with van der Waals surface area (Å²) in [5.41, 5.74) is 2.30. The lowest BCUT2D eigenvalue weighted by molar-refractivity contribution is -0.117. The van der Waals surface area contributed by atoms with Crippen LogP contribution < -0.4 is 10.6 Å². The summed E-state index contributed by atoms with van der Waals surface area (Å²) in [7, 11) is 0. The van der Waals surface area contributed by atoms with Gasteiger partial charge >= 0.3 is 6.03 Å². The van der Waals surface area contributed by atoms with E-state index in [0.29, 0.717) is 5.69 Å². The number of rotatable bonds is 4. The molecule has 1 atom stereocenters. The summed E-state index contributed by atoms with van der Waals surface area (Å²) in [6, 6.07) is 8.27. The van der Waals surface area contributed by atoms with E-state index in [2.05, 4.69) is 15.8 Å². The van der Waals surface area contributed by atoms with E-state index < -0.39 is 6.04 Å². The molecule has 2 N–H and O–H groups in total. The Hall–Kier alpha value is -2.83. The number of carbonyl (C=O) groups excluding carboxylic acids is 2. The van der Waals surface area contributed by atoms with Gasteiger partial charge in [-0.25, -0.2) is 4.79 Å². The van der Waals surface area contributed by atoms with Crippen LogP contribution in [-0.2, 0) is 4.79 Å². The lowest BCUT2D eigenvalue weighted by atomic mass is 10.1. The molecule has 1 fully saturated rings. The maximum Gasteiger partial charge on any atom is 0.318 e. The molecular formula is C18H22N4O3. The predicted molar refractivity (Wildman–Crippen MR) is 94.0 cm³/mol. The molecule has 0 spiro atoms. The number of urea groups is 1. The summed E-state index contributed by atoms with van der Waals surface area (Å²) in [6.45, 7) is 3.19. The number of piperidine rings is 1. The smallest absolute Gasteiger partial charge is 0.318 e. The summed E-state index contributed by atoms with van der Waals surface area (Å²) in [4.78, 5) is 26.2. The van der Waals surface area contributed by atoms with Crippen LogP contribution in [0, 0.1) is 0 Å². The van der Waals surface area contributed by atoms with Crippen LogP contribution in [0.15, 0.2) is 41.1 Å². The number of hydrogen-bond acceptors (Lipinski definition) is 4. The van der Waals surface area contributed by atoms with Gasteiger partial charge in [-0.15, -0.1) is 0 Å². The van der Waals surface area contributed by atoms with Crippen LogP contribution in [0.25, 0.3) is 11.3 Å². The first kappa shape index (κ1) is 17.0. The zero-order chi connectivity index (χ0) is 17.6. The van der Waals surface area contributed by atoms with Crippen LogP contribution in [0.3, 0.4) is 0 Å². The minimum Gasteiger partial charge on any atom is -0.364 e. The summed E-state index contributed by atoms with van der Waals surface area (Å²) in [5.74, 6) is -0.250. The van der Waals surface area contributed by atoms with Gasteiger partial charge in [-0.3, -0.25) is 4.79 Å². The van der Waals surface area contributed by atoms with Gasteiger partial charge in [-0.2, -0.15) is 0 Å². The quantitative estimate of drug-likeness (QED) is 0.894. The van der Waals surface area contributed by atoms with E-state index in [1.807, 2.05) is 12.1 Å². The average molecular weight is 342 g/mol. The van der Waals surface area contributed by atoms with Gasteiger partial charge < -0.3 is 20.1 Å². The second-order valence-electron chi connectivity index (χ2n) is 6.17. The third-order valence-electron chi connectivity index (χ3n) is 4.26. The molecule has 3 amide bonds. The van der Waals surface area contributed by atoms with E-state index in [1.165, 1.54) is 6.26 Å². The summed E-state index contributed by atoms with van der Waals surface area (Å²) in [6.07, 6.45) is 4.71. The summed E-state index contributed by atoms with van der Waals surface area (Å²) in [5, 5.41) is 9.43. The Morgan fingerprint density at radius 2 is 1.84 bits per heavy atom. The fourth-order valence-electron chi connectivity index (χ4n) is 2.78. The number of aromatic nitrogens is 1. The highest BCUT2D eigenvalue weighted by atomic mass is 16.5. The first-order chi connectivity index (χ1) is 12.1. The zero-order valence-electron chi connectivity index (χ0n) is 14.2. The summed E-state index contributed by atoms with van der Waals surface area (Å²) >= 11 is 0. The Morgan fingerprint density at radius 3 is 2.48 bits per heavy atom. The number of benzene rings is 1. The van der Waals surface area contributed by atoms with Crippen molar-refractivity contribution in [1.82, 2.24) is 15.4 Å². The van der Waals surface area contributed by atoms with E-state index in [1.54, 1.807) is 30.0 Å². The van der Waals surface area contributed by atoms with E-state index in [0.717, 1.165) is 43.6 Å². The summed E-state index contributed by atoms with van der Waals surface area (Å²) < 4.78 is 4.82. The fourth-order valence-corrected chi connectivity index (χ4v) is 2.78. The minimum absolute atomic E-state index is 0.177. The molecule has 25 heavy (non-hydrogen) atoms. The van der Waals surface area contributed by atoms with E-state index in [9.17, 15) is 9.59 Å². The van der Waals surface area contributed by atoms with Gasteiger partial charge in [0, 0.05) is 30.4 Å². The second kappa shape index (κ2) is 7.83. The molecule has 132 valence electrons. The highest BCUT2D eigenvalue weighted by molar-refractivity contribution is 5.96. The fraction of sp³-hybridized carbons (Fsp3) is 0.389. The van der Waals surface area contributed by atoms with E-state index in [4.69, 9.17) is 4.52 Å². The maximum atomic E-state index is 12.3. The highest BCUT2D eigenvalue weighted by Crippen LogP contribution is 2.19. The number of carbonyl (C=O) groups is 2. The standard InChI is InChI=1S/C18H22N4O3/c1-13(19-18(24)22-10-3-2-4-11-22)17(23)20-15-7-5-14(6-8-15)16-9-12-25-21-16/h5-9,12-13H,2-4,10-11H2,1H3,(H,19,24)(H,20,23)/t13-/m1/s1. The van der Waals surface area contributed by atoms with Crippen LogP contribution in [-0.4, -0.2) is 41.1 Å². The Kier molecular flexibility index (Phi) is 5.33. The van der Waals surface area contributed by atoms with Gasteiger partial charge in [0.2, 0.25) is 5.91 Å². The molecule has 0 saturated carbocycles. The van der Waals surface area contributed by atoms with Gasteiger partial charge in [0.1, 0.15) is 18.0 Å². The lowest BCUT2D eigenvalue weighted by Gasteiger charge is -2.28. The van der Waals surface area contributed by atoms with Gasteiger partial charge in [-0.1, -0.05) is 17.3 Å². The number of nitrogens with zero attached hydrogens (tertiary/aromatic N) is 2. The molecular weight excluding hydrogens is 320 g/mol. The van der Waals surface area contributed by atoms with Crippen LogP contribution >= 0.6 is 0 Å². The molecule has 1 saturated heterocycles. The number of anilines is 1. The monoisotopic (exact) mass is 342 g/mol. The second-order valence-corrected chi connectivity index (χ2v) is 6.17. The molecule has 1 aliphatic rings. The SMILES string of the molecule is C[C@@H](NC(=O)N1CCCCC1)C(=O)Nc1ccc(-c2ccon2)cc1. The molecule has 0 bridgehead atoms.